The van der Waals surface area contributed by atoms with Crippen molar-refractivity contribution in [2.45, 2.75) is 19.9 Å². The molecule has 0 aliphatic carbocycles. The van der Waals surface area contributed by atoms with Crippen molar-refractivity contribution in [1.29, 1.82) is 0 Å². The van der Waals surface area contributed by atoms with Crippen LogP contribution < -0.4 is 5.32 Å². The van der Waals surface area contributed by atoms with Crippen LogP contribution in [0.5, 0.6) is 0 Å². The van der Waals surface area contributed by atoms with Gasteiger partial charge in [0.1, 0.15) is 0 Å². The fraction of sp³-hybridized carbons (Fsp3) is 0.308. The van der Waals surface area contributed by atoms with Crippen LogP contribution in [0.4, 0.5) is 0 Å². The summed E-state index contributed by atoms with van der Waals surface area (Å²) in [6.45, 7) is 3.02. The standard InChI is InChI=1S/C13H17N3/c1-3-12-9-15-10-16(12)13-7-5-4-6-11(13)8-14-2/h4-7,9-10,14H,3,8H2,1-2H3. The van der Waals surface area contributed by atoms with Gasteiger partial charge < -0.3 is 9.88 Å². The van der Waals surface area contributed by atoms with Gasteiger partial charge in [0.05, 0.1) is 12.0 Å². The summed E-state index contributed by atoms with van der Waals surface area (Å²) < 4.78 is 2.16. The summed E-state index contributed by atoms with van der Waals surface area (Å²) in [5.41, 5.74) is 3.74. The quantitative estimate of drug-likeness (QED) is 0.847. The van der Waals surface area contributed by atoms with E-state index >= 15 is 0 Å². The minimum atomic E-state index is 0.873. The van der Waals surface area contributed by atoms with Crippen molar-refractivity contribution >= 4 is 0 Å². The number of para-hydroxylation sites is 1. The molecule has 1 aromatic heterocycles. The predicted octanol–water partition coefficient (Wildman–Crippen LogP) is 2.15. The van der Waals surface area contributed by atoms with Crippen LogP contribution in [-0.2, 0) is 13.0 Å². The van der Waals surface area contributed by atoms with Gasteiger partial charge in [-0.25, -0.2) is 4.98 Å². The Morgan fingerprint density at radius 3 is 2.88 bits per heavy atom. The molecule has 0 unspecified atom stereocenters. The minimum Gasteiger partial charge on any atom is -0.316 e. The maximum Gasteiger partial charge on any atom is 0.0994 e. The summed E-state index contributed by atoms with van der Waals surface area (Å²) in [5, 5.41) is 3.19. The molecule has 1 N–H and O–H groups in total. The number of nitrogens with zero attached hydrogens (tertiary/aromatic N) is 2. The number of rotatable bonds is 4. The smallest absolute Gasteiger partial charge is 0.0994 e. The Morgan fingerprint density at radius 1 is 1.31 bits per heavy atom. The summed E-state index contributed by atoms with van der Waals surface area (Å²) in [6.07, 6.45) is 4.80. The number of hydrogen-bond acceptors (Lipinski definition) is 2. The number of aryl methyl sites for hydroxylation is 1. The lowest BCUT2D eigenvalue weighted by molar-refractivity contribution is 0.801. The topological polar surface area (TPSA) is 29.9 Å². The highest BCUT2D eigenvalue weighted by Crippen LogP contribution is 2.16. The SMILES string of the molecule is CCc1cncn1-c1ccccc1CNC. The maximum absolute atomic E-state index is 4.21. The third-order valence-electron chi connectivity index (χ3n) is 2.70. The summed E-state index contributed by atoms with van der Waals surface area (Å²) in [5.74, 6) is 0. The number of aromatic nitrogens is 2. The highest BCUT2D eigenvalue weighted by Gasteiger charge is 2.06. The molecule has 0 fully saturated rings. The van der Waals surface area contributed by atoms with Crippen molar-refractivity contribution in [3.05, 3.63) is 48.0 Å². The average molecular weight is 215 g/mol. The third kappa shape index (κ3) is 1.99. The fourth-order valence-corrected chi connectivity index (χ4v) is 1.89. The zero-order valence-electron chi connectivity index (χ0n) is 9.77. The van der Waals surface area contributed by atoms with Crippen LogP contribution in [0.1, 0.15) is 18.2 Å². The Morgan fingerprint density at radius 2 is 2.12 bits per heavy atom. The van der Waals surface area contributed by atoms with Gasteiger partial charge in [0.15, 0.2) is 0 Å². The summed E-state index contributed by atoms with van der Waals surface area (Å²) in [4.78, 5) is 4.21. The predicted molar refractivity (Wildman–Crippen MR) is 65.7 cm³/mol. The first kappa shape index (κ1) is 10.9. The highest BCUT2D eigenvalue weighted by atomic mass is 15.1. The van der Waals surface area contributed by atoms with Gasteiger partial charge in [0.25, 0.3) is 0 Å². The normalized spacial score (nSPS) is 10.6. The van der Waals surface area contributed by atoms with Crippen molar-refractivity contribution < 1.29 is 0 Å². The molecule has 84 valence electrons. The van der Waals surface area contributed by atoms with Crippen molar-refractivity contribution in [2.75, 3.05) is 7.05 Å². The van der Waals surface area contributed by atoms with Crippen LogP contribution in [-0.4, -0.2) is 16.6 Å². The first-order valence-electron chi connectivity index (χ1n) is 5.61. The van der Waals surface area contributed by atoms with Crippen LogP contribution in [0.15, 0.2) is 36.8 Å². The minimum absolute atomic E-state index is 0.873. The van der Waals surface area contributed by atoms with Gasteiger partial charge in [-0.3, -0.25) is 0 Å². The summed E-state index contributed by atoms with van der Waals surface area (Å²) in [6, 6.07) is 8.41. The third-order valence-corrected chi connectivity index (χ3v) is 2.70. The van der Waals surface area contributed by atoms with E-state index in [4.69, 9.17) is 0 Å². The molecule has 2 aromatic rings. The van der Waals surface area contributed by atoms with Crippen molar-refractivity contribution in [3.8, 4) is 5.69 Å². The summed E-state index contributed by atoms with van der Waals surface area (Å²) in [7, 11) is 1.96. The van der Waals surface area contributed by atoms with E-state index in [1.54, 1.807) is 0 Å². The molecule has 0 saturated carbocycles. The van der Waals surface area contributed by atoms with Gasteiger partial charge >= 0.3 is 0 Å². The maximum atomic E-state index is 4.21. The molecule has 1 aromatic carbocycles. The largest absolute Gasteiger partial charge is 0.316 e. The van der Waals surface area contributed by atoms with Gasteiger partial charge in [0.2, 0.25) is 0 Å². The molecule has 16 heavy (non-hydrogen) atoms. The van der Waals surface area contributed by atoms with Crippen LogP contribution in [0.2, 0.25) is 0 Å². The molecule has 3 nitrogen and oxygen atoms in total. The lowest BCUT2D eigenvalue weighted by atomic mass is 10.1. The number of imidazole rings is 1. The number of benzene rings is 1. The van der Waals surface area contributed by atoms with Crippen molar-refractivity contribution in [3.63, 3.8) is 0 Å². The second-order valence-electron chi connectivity index (χ2n) is 3.77. The highest BCUT2D eigenvalue weighted by molar-refractivity contribution is 5.42. The monoisotopic (exact) mass is 215 g/mol. The first-order valence-corrected chi connectivity index (χ1v) is 5.61. The molecular formula is C13H17N3. The molecule has 0 bridgehead atoms. The van der Waals surface area contributed by atoms with Crippen LogP contribution in [0.25, 0.3) is 5.69 Å². The van der Waals surface area contributed by atoms with Crippen LogP contribution >= 0.6 is 0 Å². The van der Waals surface area contributed by atoms with E-state index in [-0.39, 0.29) is 0 Å². The Hall–Kier alpha value is -1.61. The molecule has 0 atom stereocenters. The Kier molecular flexibility index (Phi) is 3.37. The molecular weight excluding hydrogens is 198 g/mol. The molecule has 3 heteroatoms. The van der Waals surface area contributed by atoms with Gasteiger partial charge in [-0.15, -0.1) is 0 Å². The lowest BCUT2D eigenvalue weighted by Gasteiger charge is -2.12. The van der Waals surface area contributed by atoms with Gasteiger partial charge in [0, 0.05) is 18.4 Å². The van der Waals surface area contributed by atoms with E-state index in [1.165, 1.54) is 16.9 Å². The molecule has 0 spiro atoms. The Balaban J connectivity index is 2.46. The van der Waals surface area contributed by atoms with Crippen molar-refractivity contribution in [1.82, 2.24) is 14.9 Å². The summed E-state index contributed by atoms with van der Waals surface area (Å²) >= 11 is 0. The molecule has 0 aliphatic rings. The van der Waals surface area contributed by atoms with Gasteiger partial charge in [-0.2, -0.15) is 0 Å². The molecule has 0 aliphatic heterocycles. The number of hydrogen-bond donors (Lipinski definition) is 1. The second kappa shape index (κ2) is 4.94. The zero-order valence-corrected chi connectivity index (χ0v) is 9.77. The molecule has 1 heterocycles. The van der Waals surface area contributed by atoms with E-state index in [1.807, 2.05) is 19.6 Å². The fourth-order valence-electron chi connectivity index (χ4n) is 1.89. The van der Waals surface area contributed by atoms with Crippen molar-refractivity contribution in [2.24, 2.45) is 0 Å². The van der Waals surface area contributed by atoms with E-state index in [0.717, 1.165) is 13.0 Å². The van der Waals surface area contributed by atoms with E-state index < -0.39 is 0 Å². The van der Waals surface area contributed by atoms with Crippen LogP contribution in [0.3, 0.4) is 0 Å². The van der Waals surface area contributed by atoms with E-state index in [0.29, 0.717) is 0 Å². The second-order valence-corrected chi connectivity index (χ2v) is 3.77. The van der Waals surface area contributed by atoms with Crippen LogP contribution in [0, 0.1) is 0 Å². The Labute approximate surface area is 96.1 Å². The molecule has 0 radical (unpaired) electrons. The van der Waals surface area contributed by atoms with Gasteiger partial charge in [-0.05, 0) is 25.1 Å². The molecule has 0 amide bonds. The number of nitrogens with one attached hydrogen (secondary N) is 1. The average Bonchev–Trinajstić information content (AvgIpc) is 2.78. The van der Waals surface area contributed by atoms with E-state index in [2.05, 4.69) is 46.1 Å². The van der Waals surface area contributed by atoms with Gasteiger partial charge in [-0.1, -0.05) is 25.1 Å². The zero-order chi connectivity index (χ0) is 11.4. The Bertz CT molecular complexity index is 460. The lowest BCUT2D eigenvalue weighted by Crippen LogP contribution is -2.09. The molecule has 0 saturated heterocycles. The molecule has 2 rings (SSSR count). The van der Waals surface area contributed by atoms with E-state index in [9.17, 15) is 0 Å². The first-order chi connectivity index (χ1) is 7.86.